The first-order valence-corrected chi connectivity index (χ1v) is 13.0. The highest BCUT2D eigenvalue weighted by molar-refractivity contribution is 6.31. The molecule has 4 rings (SSSR count). The Morgan fingerprint density at radius 3 is 2.45 bits per heavy atom. The van der Waals surface area contributed by atoms with E-state index in [1.807, 2.05) is 47.2 Å². The molecule has 0 aliphatic heterocycles. The number of hydrogen-bond donors (Lipinski definition) is 1. The summed E-state index contributed by atoms with van der Waals surface area (Å²) in [7, 11) is 3.36. The lowest BCUT2D eigenvalue weighted by Crippen LogP contribution is -2.29. The molecule has 8 heteroatoms. The number of phenolic OH excluding ortho intramolecular Hbond substituents is 1. The van der Waals surface area contributed by atoms with Gasteiger partial charge in [-0.2, -0.15) is 0 Å². The summed E-state index contributed by atoms with van der Waals surface area (Å²) < 4.78 is 7.17. The summed E-state index contributed by atoms with van der Waals surface area (Å²) in [5, 5.41) is 12.7. The highest BCUT2D eigenvalue weighted by Crippen LogP contribution is 2.25. The van der Waals surface area contributed by atoms with Crippen molar-refractivity contribution in [1.29, 1.82) is 0 Å². The molecule has 0 unspecified atom stereocenters. The zero-order valence-electron chi connectivity index (χ0n) is 22.2. The van der Waals surface area contributed by atoms with Crippen LogP contribution in [0, 0.1) is 0 Å². The largest absolute Gasteiger partial charge is 0.508 e. The summed E-state index contributed by atoms with van der Waals surface area (Å²) in [6, 6.07) is 20.1. The first-order valence-electron chi connectivity index (χ1n) is 12.6. The molecule has 1 aromatic heterocycles. The van der Waals surface area contributed by atoms with Crippen molar-refractivity contribution in [3.8, 4) is 11.5 Å². The second-order valence-electron chi connectivity index (χ2n) is 9.09. The van der Waals surface area contributed by atoms with Crippen LogP contribution in [0.2, 0.25) is 5.02 Å². The van der Waals surface area contributed by atoms with Gasteiger partial charge in [-0.05, 0) is 79.8 Å². The van der Waals surface area contributed by atoms with Gasteiger partial charge in [0.25, 0.3) is 5.91 Å². The van der Waals surface area contributed by atoms with Crippen LogP contribution in [-0.2, 0) is 13.2 Å². The van der Waals surface area contributed by atoms with Gasteiger partial charge in [-0.15, -0.1) is 0 Å². The van der Waals surface area contributed by atoms with Crippen LogP contribution < -0.4 is 10.1 Å². The van der Waals surface area contributed by atoms with Gasteiger partial charge in [0.05, 0.1) is 30.3 Å². The van der Waals surface area contributed by atoms with Gasteiger partial charge in [0.15, 0.2) is 0 Å². The number of halogens is 1. The van der Waals surface area contributed by atoms with Crippen LogP contribution in [-0.4, -0.2) is 52.6 Å². The van der Waals surface area contributed by atoms with E-state index in [-0.39, 0.29) is 11.7 Å². The van der Waals surface area contributed by atoms with Crippen LogP contribution in [0.3, 0.4) is 0 Å². The third-order valence-corrected chi connectivity index (χ3v) is 6.84. The van der Waals surface area contributed by atoms with Crippen LogP contribution in [0.15, 0.2) is 77.9 Å². The molecule has 0 atom stereocenters. The maximum atomic E-state index is 13.0. The van der Waals surface area contributed by atoms with Crippen molar-refractivity contribution in [3.05, 3.63) is 94.4 Å². The van der Waals surface area contributed by atoms with E-state index in [9.17, 15) is 9.90 Å². The molecule has 3 aromatic carbocycles. The van der Waals surface area contributed by atoms with Crippen molar-refractivity contribution in [2.45, 2.75) is 27.1 Å². The molecule has 0 saturated heterocycles. The molecular weight excluding hydrogens is 500 g/mol. The quantitative estimate of drug-likeness (QED) is 0.295. The number of amides is 1. The molecule has 1 amide bonds. The van der Waals surface area contributed by atoms with Gasteiger partial charge in [0.2, 0.25) is 0 Å². The van der Waals surface area contributed by atoms with Crippen molar-refractivity contribution in [2.75, 3.05) is 27.2 Å². The van der Waals surface area contributed by atoms with E-state index in [0.717, 1.165) is 40.6 Å². The smallest absolute Gasteiger partial charge is 0.255 e. The lowest BCUT2D eigenvalue weighted by Gasteiger charge is -2.21. The number of aromatic nitrogens is 1. The molecule has 198 valence electrons. The summed E-state index contributed by atoms with van der Waals surface area (Å²) in [5.74, 6) is 0.865. The normalized spacial score (nSPS) is 11.8. The first-order chi connectivity index (χ1) is 18.3. The summed E-state index contributed by atoms with van der Waals surface area (Å²) in [6.07, 6.45) is 1.91. The molecule has 1 heterocycles. The molecule has 7 nitrogen and oxygen atoms in total. The van der Waals surface area contributed by atoms with Gasteiger partial charge in [-0.25, -0.2) is 4.99 Å². The van der Waals surface area contributed by atoms with Gasteiger partial charge in [-0.1, -0.05) is 25.4 Å². The third-order valence-electron chi connectivity index (χ3n) is 6.61. The number of ether oxygens (including phenoxy) is 1. The average molecular weight is 533 g/mol. The van der Waals surface area contributed by atoms with Crippen molar-refractivity contribution in [2.24, 2.45) is 4.99 Å². The number of benzene rings is 3. The summed E-state index contributed by atoms with van der Waals surface area (Å²) >= 11 is 6.37. The molecule has 0 aliphatic carbocycles. The minimum Gasteiger partial charge on any atom is -0.508 e. The highest BCUT2D eigenvalue weighted by Gasteiger charge is 2.14. The van der Waals surface area contributed by atoms with Crippen LogP contribution >= 0.6 is 11.6 Å². The Hall–Kier alpha value is -3.81. The fraction of sp³-hybridized carbons (Fsp3) is 0.267. The van der Waals surface area contributed by atoms with E-state index < -0.39 is 0 Å². The number of carbonyl (C=O) groups is 1. The zero-order valence-corrected chi connectivity index (χ0v) is 22.9. The Bertz CT molecular complexity index is 1490. The molecule has 0 fully saturated rings. The Morgan fingerprint density at radius 2 is 1.76 bits per heavy atom. The number of aromatic hydroxyl groups is 1. The van der Waals surface area contributed by atoms with Gasteiger partial charge in [-0.3, -0.25) is 9.69 Å². The van der Waals surface area contributed by atoms with E-state index in [1.54, 1.807) is 49.4 Å². The van der Waals surface area contributed by atoms with Crippen molar-refractivity contribution in [3.63, 3.8) is 0 Å². The lowest BCUT2D eigenvalue weighted by atomic mass is 10.1. The summed E-state index contributed by atoms with van der Waals surface area (Å²) in [6.45, 7) is 6.99. The molecule has 38 heavy (non-hydrogen) atoms. The number of phenols is 1. The molecule has 0 aliphatic rings. The molecule has 1 N–H and O–H groups in total. The Kier molecular flexibility index (Phi) is 8.71. The number of hydrogen-bond acceptors (Lipinski definition) is 5. The van der Waals surface area contributed by atoms with Crippen molar-refractivity contribution in [1.82, 2.24) is 14.4 Å². The molecule has 0 spiro atoms. The number of pyridine rings is 1. The summed E-state index contributed by atoms with van der Waals surface area (Å²) in [4.78, 5) is 21.8. The van der Waals surface area contributed by atoms with E-state index >= 15 is 0 Å². The Morgan fingerprint density at radius 1 is 1.03 bits per heavy atom. The standard InChI is InChI=1S/C30H33ClN4O3/c1-5-34(6-2)19-22-17-24(10-14-29(22)36)32-27-15-16-35(28-18-23(31)9-13-26(27)28)20-33(3)30(37)21-7-11-25(38-4)12-8-21/h7-18,36H,5-6,19-20H2,1-4H3. The Labute approximate surface area is 228 Å². The minimum absolute atomic E-state index is 0.103. The van der Waals surface area contributed by atoms with E-state index in [0.29, 0.717) is 29.5 Å². The predicted molar refractivity (Wildman–Crippen MR) is 152 cm³/mol. The SMILES string of the molecule is CCN(CC)Cc1cc(N=c2ccn(CN(C)C(=O)c3ccc(OC)cc3)c3cc(Cl)ccc23)ccc1O. The lowest BCUT2D eigenvalue weighted by molar-refractivity contribution is 0.0754. The number of fused-ring (bicyclic) bond motifs is 1. The van der Waals surface area contributed by atoms with Crippen LogP contribution in [0.25, 0.3) is 10.9 Å². The minimum atomic E-state index is -0.103. The van der Waals surface area contributed by atoms with Gasteiger partial charge < -0.3 is 19.3 Å². The highest BCUT2D eigenvalue weighted by atomic mass is 35.5. The van der Waals surface area contributed by atoms with Gasteiger partial charge in [0.1, 0.15) is 11.5 Å². The fourth-order valence-corrected chi connectivity index (χ4v) is 4.52. The number of carbonyl (C=O) groups excluding carboxylic acids is 1. The maximum absolute atomic E-state index is 13.0. The van der Waals surface area contributed by atoms with E-state index in [4.69, 9.17) is 21.3 Å². The second kappa shape index (κ2) is 12.2. The monoisotopic (exact) mass is 532 g/mol. The van der Waals surface area contributed by atoms with E-state index in [1.165, 1.54) is 0 Å². The third kappa shape index (κ3) is 6.18. The zero-order chi connectivity index (χ0) is 27.2. The van der Waals surface area contributed by atoms with Crippen LogP contribution in [0.4, 0.5) is 5.69 Å². The summed E-state index contributed by atoms with van der Waals surface area (Å²) in [5.41, 5.74) is 3.03. The molecule has 4 aromatic rings. The maximum Gasteiger partial charge on any atom is 0.255 e. The first kappa shape index (κ1) is 27.2. The van der Waals surface area contributed by atoms with Gasteiger partial charge >= 0.3 is 0 Å². The number of methoxy groups -OCH3 is 1. The molecule has 0 radical (unpaired) electrons. The molecule has 0 saturated carbocycles. The van der Waals surface area contributed by atoms with Crippen LogP contribution in [0.5, 0.6) is 11.5 Å². The fourth-order valence-electron chi connectivity index (χ4n) is 4.35. The second-order valence-corrected chi connectivity index (χ2v) is 9.53. The number of nitrogens with zero attached hydrogens (tertiary/aromatic N) is 4. The molecule has 0 bridgehead atoms. The average Bonchev–Trinajstić information content (AvgIpc) is 2.94. The van der Waals surface area contributed by atoms with Crippen molar-refractivity contribution >= 4 is 34.1 Å². The molecular formula is C30H33ClN4O3. The Balaban J connectivity index is 1.68. The topological polar surface area (TPSA) is 70.3 Å². The number of rotatable bonds is 9. The van der Waals surface area contributed by atoms with Crippen molar-refractivity contribution < 1.29 is 14.6 Å². The van der Waals surface area contributed by atoms with Crippen LogP contribution in [0.1, 0.15) is 29.8 Å². The van der Waals surface area contributed by atoms with Gasteiger partial charge in [0, 0.05) is 41.3 Å². The predicted octanol–water partition coefficient (Wildman–Crippen LogP) is 5.81. The van der Waals surface area contributed by atoms with E-state index in [2.05, 4.69) is 18.7 Å².